The molecule has 0 saturated carbocycles. The van der Waals surface area contributed by atoms with Gasteiger partial charge in [0.1, 0.15) is 6.61 Å². The van der Waals surface area contributed by atoms with Crippen molar-refractivity contribution >= 4 is 11.9 Å². The lowest BCUT2D eigenvalue weighted by atomic mass is 9.95. The van der Waals surface area contributed by atoms with Crippen molar-refractivity contribution in [3.63, 3.8) is 0 Å². The molecule has 8 nitrogen and oxygen atoms in total. The first-order valence-electron chi connectivity index (χ1n) is 9.25. The lowest BCUT2D eigenvalue weighted by molar-refractivity contribution is -0.135. The number of likely N-dealkylation sites (tertiary alicyclic amines) is 1. The van der Waals surface area contributed by atoms with Crippen LogP contribution in [0, 0.1) is 5.92 Å². The fourth-order valence-corrected chi connectivity index (χ4v) is 3.38. The van der Waals surface area contributed by atoms with Crippen LogP contribution >= 0.6 is 0 Å². The summed E-state index contributed by atoms with van der Waals surface area (Å²) in [7, 11) is 0. The highest BCUT2D eigenvalue weighted by Gasteiger charge is 2.32. The third-order valence-corrected chi connectivity index (χ3v) is 5.06. The number of amides is 1. The van der Waals surface area contributed by atoms with E-state index in [1.54, 1.807) is 17.3 Å². The Kier molecular flexibility index (Phi) is 6.57. The molecule has 0 radical (unpaired) electrons. The number of β-amino-alcohol motifs (C(OH)–C–C–N with tert-alkyl or cyclic N) is 1. The highest BCUT2D eigenvalue weighted by Crippen LogP contribution is 2.24. The minimum absolute atomic E-state index is 0.00340. The SMILES string of the molecule is NC/C(=C\F)COc1cnc(N2CCC(C(=O)N3CC[C@H](O)C3)CC2)nc1. The van der Waals surface area contributed by atoms with E-state index in [1.807, 2.05) is 4.90 Å². The van der Waals surface area contributed by atoms with Crippen LogP contribution in [0.15, 0.2) is 24.3 Å². The molecule has 148 valence electrons. The van der Waals surface area contributed by atoms with E-state index in [2.05, 4.69) is 9.97 Å². The van der Waals surface area contributed by atoms with Crippen molar-refractivity contribution in [2.24, 2.45) is 11.7 Å². The van der Waals surface area contributed by atoms with Gasteiger partial charge in [-0.15, -0.1) is 0 Å². The number of ether oxygens (including phenoxy) is 1. The zero-order chi connectivity index (χ0) is 19.2. The first kappa shape index (κ1) is 19.5. The second-order valence-electron chi connectivity index (χ2n) is 6.97. The van der Waals surface area contributed by atoms with Gasteiger partial charge in [-0.1, -0.05) is 0 Å². The highest BCUT2D eigenvalue weighted by molar-refractivity contribution is 5.79. The Morgan fingerprint density at radius 2 is 2.00 bits per heavy atom. The fourth-order valence-electron chi connectivity index (χ4n) is 3.38. The molecule has 1 aromatic rings. The molecule has 2 fully saturated rings. The quantitative estimate of drug-likeness (QED) is 0.741. The number of hydrogen-bond donors (Lipinski definition) is 2. The van der Waals surface area contributed by atoms with Crippen LogP contribution in [0.1, 0.15) is 19.3 Å². The highest BCUT2D eigenvalue weighted by atomic mass is 19.1. The number of halogens is 1. The first-order chi connectivity index (χ1) is 13.1. The van der Waals surface area contributed by atoms with E-state index in [-0.39, 0.29) is 31.1 Å². The van der Waals surface area contributed by atoms with Crippen molar-refractivity contribution in [1.82, 2.24) is 14.9 Å². The van der Waals surface area contributed by atoms with E-state index in [1.165, 1.54) is 0 Å². The lowest BCUT2D eigenvalue weighted by Crippen LogP contribution is -2.42. The van der Waals surface area contributed by atoms with Crippen molar-refractivity contribution in [2.45, 2.75) is 25.4 Å². The lowest BCUT2D eigenvalue weighted by Gasteiger charge is -2.33. The molecule has 0 unspecified atom stereocenters. The van der Waals surface area contributed by atoms with E-state index in [4.69, 9.17) is 10.5 Å². The summed E-state index contributed by atoms with van der Waals surface area (Å²) < 4.78 is 17.9. The van der Waals surface area contributed by atoms with Gasteiger partial charge >= 0.3 is 0 Å². The van der Waals surface area contributed by atoms with Gasteiger partial charge in [-0.05, 0) is 19.3 Å². The number of nitrogens with zero attached hydrogens (tertiary/aromatic N) is 4. The van der Waals surface area contributed by atoms with Gasteiger partial charge < -0.3 is 25.4 Å². The number of hydrogen-bond acceptors (Lipinski definition) is 7. The maximum Gasteiger partial charge on any atom is 0.225 e. The molecule has 0 bridgehead atoms. The van der Waals surface area contributed by atoms with Crippen LogP contribution in [0.4, 0.5) is 10.3 Å². The molecule has 3 heterocycles. The Hall–Kier alpha value is -2.26. The summed E-state index contributed by atoms with van der Waals surface area (Å²) >= 11 is 0. The van der Waals surface area contributed by atoms with Gasteiger partial charge in [0.2, 0.25) is 11.9 Å². The Morgan fingerprint density at radius 3 is 2.56 bits per heavy atom. The Morgan fingerprint density at radius 1 is 1.30 bits per heavy atom. The maximum absolute atomic E-state index is 12.5. The summed E-state index contributed by atoms with van der Waals surface area (Å²) in [5.41, 5.74) is 5.74. The predicted molar refractivity (Wildman–Crippen MR) is 97.9 cm³/mol. The smallest absolute Gasteiger partial charge is 0.225 e. The Balaban J connectivity index is 1.48. The van der Waals surface area contributed by atoms with Crippen LogP contribution < -0.4 is 15.4 Å². The number of nitrogens with two attached hydrogens (primary N) is 1. The molecular formula is C18H26FN5O3. The molecule has 3 rings (SSSR count). The fraction of sp³-hybridized carbons (Fsp3) is 0.611. The first-order valence-corrected chi connectivity index (χ1v) is 9.25. The maximum atomic E-state index is 12.5. The molecule has 2 aliphatic heterocycles. The summed E-state index contributed by atoms with van der Waals surface area (Å²) in [4.78, 5) is 24.9. The summed E-state index contributed by atoms with van der Waals surface area (Å²) in [5, 5.41) is 9.60. The van der Waals surface area contributed by atoms with Crippen molar-refractivity contribution in [1.29, 1.82) is 0 Å². The molecule has 1 amide bonds. The van der Waals surface area contributed by atoms with Gasteiger partial charge in [-0.25, -0.2) is 14.4 Å². The predicted octanol–water partition coefficient (Wildman–Crippen LogP) is 0.477. The molecule has 27 heavy (non-hydrogen) atoms. The second kappa shape index (κ2) is 9.09. The molecule has 1 aromatic heterocycles. The topological polar surface area (TPSA) is 105 Å². The van der Waals surface area contributed by atoms with Crippen LogP contribution in [0.3, 0.4) is 0 Å². The Bertz CT molecular complexity index is 661. The summed E-state index contributed by atoms with van der Waals surface area (Å²) in [6.07, 6.45) is 5.33. The van der Waals surface area contributed by atoms with Gasteiger partial charge in [0.15, 0.2) is 5.75 Å². The number of aliphatic hydroxyl groups excluding tert-OH is 1. The van der Waals surface area contributed by atoms with Crippen molar-refractivity contribution in [2.75, 3.05) is 44.2 Å². The third kappa shape index (κ3) is 4.92. The van der Waals surface area contributed by atoms with Crippen LogP contribution in [0.5, 0.6) is 5.75 Å². The number of carbonyl (C=O) groups is 1. The van der Waals surface area contributed by atoms with Crippen molar-refractivity contribution in [3.05, 3.63) is 24.3 Å². The molecule has 2 saturated heterocycles. The number of aromatic nitrogens is 2. The van der Waals surface area contributed by atoms with Crippen LogP contribution in [-0.2, 0) is 4.79 Å². The molecule has 0 aromatic carbocycles. The van der Waals surface area contributed by atoms with Crippen molar-refractivity contribution in [3.8, 4) is 5.75 Å². The molecule has 2 aliphatic rings. The summed E-state index contributed by atoms with van der Waals surface area (Å²) in [5.74, 6) is 1.18. The minimum atomic E-state index is -0.385. The Labute approximate surface area is 157 Å². The van der Waals surface area contributed by atoms with Crippen molar-refractivity contribution < 1.29 is 19.0 Å². The van der Waals surface area contributed by atoms with Gasteiger partial charge in [-0.2, -0.15) is 0 Å². The van der Waals surface area contributed by atoms with Gasteiger partial charge in [0.05, 0.1) is 24.8 Å². The van der Waals surface area contributed by atoms with E-state index in [0.717, 1.165) is 12.8 Å². The average molecular weight is 379 g/mol. The van der Waals surface area contributed by atoms with E-state index in [9.17, 15) is 14.3 Å². The normalized spacial score (nSPS) is 21.6. The van der Waals surface area contributed by atoms with E-state index in [0.29, 0.717) is 56.2 Å². The van der Waals surface area contributed by atoms with E-state index < -0.39 is 0 Å². The number of anilines is 1. The molecule has 0 spiro atoms. The van der Waals surface area contributed by atoms with E-state index >= 15 is 0 Å². The van der Waals surface area contributed by atoms with Crippen LogP contribution in [0.25, 0.3) is 0 Å². The monoisotopic (exact) mass is 379 g/mol. The molecular weight excluding hydrogens is 353 g/mol. The molecule has 3 N–H and O–H groups in total. The summed E-state index contributed by atoms with van der Waals surface area (Å²) in [6.45, 7) is 2.67. The number of aliphatic hydroxyl groups is 1. The molecule has 9 heteroatoms. The minimum Gasteiger partial charge on any atom is -0.486 e. The zero-order valence-corrected chi connectivity index (χ0v) is 15.3. The largest absolute Gasteiger partial charge is 0.486 e. The molecule has 0 aliphatic carbocycles. The number of rotatable bonds is 6. The third-order valence-electron chi connectivity index (χ3n) is 5.06. The number of carbonyl (C=O) groups excluding carboxylic acids is 1. The number of piperidine rings is 1. The van der Waals surface area contributed by atoms with Gasteiger partial charge in [0, 0.05) is 44.2 Å². The van der Waals surface area contributed by atoms with Gasteiger partial charge in [0.25, 0.3) is 0 Å². The summed E-state index contributed by atoms with van der Waals surface area (Å²) in [6, 6.07) is 0. The standard InChI is InChI=1S/C18H26FN5O3/c19-7-13(8-20)12-27-16-9-21-18(22-10-16)23-4-1-14(2-5-23)17(26)24-6-3-15(25)11-24/h7,9-10,14-15,25H,1-6,8,11-12,20H2/b13-7+/t15-/m0/s1. The van der Waals surface area contributed by atoms with Gasteiger partial charge in [-0.3, -0.25) is 4.79 Å². The van der Waals surface area contributed by atoms with Crippen LogP contribution in [-0.4, -0.2) is 71.3 Å². The zero-order valence-electron chi connectivity index (χ0n) is 15.3. The van der Waals surface area contributed by atoms with Crippen LogP contribution in [0.2, 0.25) is 0 Å². The average Bonchev–Trinajstić information content (AvgIpc) is 3.15. The second-order valence-corrected chi connectivity index (χ2v) is 6.97. The molecule has 1 atom stereocenters.